The first-order valence-corrected chi connectivity index (χ1v) is 9.14. The van der Waals surface area contributed by atoms with Gasteiger partial charge in [-0.1, -0.05) is 48.5 Å². The van der Waals surface area contributed by atoms with Crippen molar-refractivity contribution < 1.29 is 0 Å². The molecule has 0 amide bonds. The second-order valence-corrected chi connectivity index (χ2v) is 7.05. The number of nitrogens with zero attached hydrogens (tertiary/aromatic N) is 2. The molecule has 0 bridgehead atoms. The van der Waals surface area contributed by atoms with Crippen LogP contribution in [0.2, 0.25) is 0 Å². The Kier molecular flexibility index (Phi) is 3.35. The van der Waals surface area contributed by atoms with Crippen LogP contribution >= 0.6 is 0 Å². The molecule has 0 unspecified atom stereocenters. The van der Waals surface area contributed by atoms with Gasteiger partial charge in [0.2, 0.25) is 0 Å². The third kappa shape index (κ3) is 2.24. The molecule has 0 saturated carbocycles. The molecule has 0 radical (unpaired) electrons. The first-order chi connectivity index (χ1) is 12.7. The summed E-state index contributed by atoms with van der Waals surface area (Å²) in [5, 5.41) is 11.1. The number of fused-ring (bicyclic) bond motifs is 2. The van der Waals surface area contributed by atoms with E-state index in [0.29, 0.717) is 0 Å². The number of aromatic nitrogens is 2. The fourth-order valence-electron chi connectivity index (χ4n) is 3.88. The summed E-state index contributed by atoms with van der Waals surface area (Å²) in [7, 11) is 0. The Morgan fingerprint density at radius 1 is 0.923 bits per heavy atom. The molecule has 1 N–H and O–H groups in total. The van der Waals surface area contributed by atoms with Crippen LogP contribution in [-0.2, 0) is 6.42 Å². The quantitative estimate of drug-likeness (QED) is 0.539. The lowest BCUT2D eigenvalue weighted by Crippen LogP contribution is -2.06. The molecule has 3 nitrogen and oxygen atoms in total. The third-order valence-electron chi connectivity index (χ3n) is 5.48. The van der Waals surface area contributed by atoms with Crippen LogP contribution in [0.25, 0.3) is 27.7 Å². The summed E-state index contributed by atoms with van der Waals surface area (Å²) >= 11 is 0. The lowest BCUT2D eigenvalue weighted by Gasteiger charge is -2.11. The summed E-state index contributed by atoms with van der Waals surface area (Å²) in [6.07, 6.45) is 1.02. The predicted molar refractivity (Wildman–Crippen MR) is 108 cm³/mol. The maximum Gasteiger partial charge on any atom is 0.133 e. The van der Waals surface area contributed by atoms with Crippen molar-refractivity contribution in [2.75, 3.05) is 11.9 Å². The number of aryl methyl sites for hydroxylation is 1. The molecule has 0 atom stereocenters. The van der Waals surface area contributed by atoms with Gasteiger partial charge >= 0.3 is 0 Å². The van der Waals surface area contributed by atoms with Gasteiger partial charge in [0.1, 0.15) is 5.82 Å². The van der Waals surface area contributed by atoms with Crippen LogP contribution in [0.5, 0.6) is 0 Å². The molecular weight excluding hydrogens is 318 g/mol. The van der Waals surface area contributed by atoms with Crippen LogP contribution in [-0.4, -0.2) is 16.3 Å². The largest absolute Gasteiger partial charge is 0.369 e. The van der Waals surface area contributed by atoms with Crippen molar-refractivity contribution in [1.82, 2.24) is 9.78 Å². The number of benzene rings is 3. The van der Waals surface area contributed by atoms with Gasteiger partial charge in [0.25, 0.3) is 0 Å². The van der Waals surface area contributed by atoms with Gasteiger partial charge in [0, 0.05) is 17.7 Å². The summed E-state index contributed by atoms with van der Waals surface area (Å²) in [6.45, 7) is 5.29. The molecule has 2 heterocycles. The van der Waals surface area contributed by atoms with E-state index in [9.17, 15) is 0 Å². The molecule has 0 saturated heterocycles. The van der Waals surface area contributed by atoms with Crippen molar-refractivity contribution >= 4 is 16.6 Å². The van der Waals surface area contributed by atoms with E-state index in [2.05, 4.69) is 84.5 Å². The van der Waals surface area contributed by atoms with Crippen molar-refractivity contribution in [3.63, 3.8) is 0 Å². The molecular formula is C23H21N3. The number of rotatable bonds is 2. The molecule has 0 fully saturated rings. The molecule has 4 aromatic rings. The highest BCUT2D eigenvalue weighted by atomic mass is 15.3. The van der Waals surface area contributed by atoms with Crippen LogP contribution in [0.3, 0.4) is 0 Å². The van der Waals surface area contributed by atoms with Crippen LogP contribution in [0, 0.1) is 13.8 Å². The highest BCUT2D eigenvalue weighted by Crippen LogP contribution is 2.36. The molecule has 3 aromatic carbocycles. The minimum atomic E-state index is 0.971. The molecule has 128 valence electrons. The van der Waals surface area contributed by atoms with Crippen molar-refractivity contribution in [3.8, 4) is 16.9 Å². The zero-order valence-electron chi connectivity index (χ0n) is 15.1. The first kappa shape index (κ1) is 15.2. The zero-order chi connectivity index (χ0) is 17.7. The minimum Gasteiger partial charge on any atom is -0.369 e. The highest BCUT2D eigenvalue weighted by molar-refractivity contribution is 5.88. The average molecular weight is 339 g/mol. The van der Waals surface area contributed by atoms with Gasteiger partial charge in [-0.05, 0) is 54.3 Å². The third-order valence-corrected chi connectivity index (χ3v) is 5.48. The number of anilines is 1. The van der Waals surface area contributed by atoms with Crippen LogP contribution in [0.1, 0.15) is 16.7 Å². The monoisotopic (exact) mass is 339 g/mol. The SMILES string of the molecule is Cc1cccc(-n2nc(-c3ccc4ccccc4c3)c3c2NCC3)c1C. The maximum atomic E-state index is 5.04. The second kappa shape index (κ2) is 5.73. The van der Waals surface area contributed by atoms with Crippen molar-refractivity contribution in [2.24, 2.45) is 0 Å². The first-order valence-electron chi connectivity index (χ1n) is 9.14. The molecule has 0 aliphatic carbocycles. The fraction of sp³-hybridized carbons (Fsp3) is 0.174. The zero-order valence-corrected chi connectivity index (χ0v) is 15.1. The molecule has 26 heavy (non-hydrogen) atoms. The van der Waals surface area contributed by atoms with Crippen molar-refractivity contribution in [3.05, 3.63) is 77.4 Å². The summed E-state index contributed by atoms with van der Waals surface area (Å²) in [5.74, 6) is 1.14. The summed E-state index contributed by atoms with van der Waals surface area (Å²) < 4.78 is 2.09. The van der Waals surface area contributed by atoms with Gasteiger partial charge < -0.3 is 5.32 Å². The Labute approximate surface area is 153 Å². The summed E-state index contributed by atoms with van der Waals surface area (Å²) in [4.78, 5) is 0. The molecule has 5 rings (SSSR count). The Morgan fingerprint density at radius 2 is 1.77 bits per heavy atom. The number of nitrogens with one attached hydrogen (secondary N) is 1. The summed E-state index contributed by atoms with van der Waals surface area (Å²) in [5.41, 5.74) is 7.32. The van der Waals surface area contributed by atoms with Gasteiger partial charge in [0.05, 0.1) is 11.4 Å². The lowest BCUT2D eigenvalue weighted by molar-refractivity contribution is 0.873. The molecule has 1 aliphatic rings. The Bertz CT molecular complexity index is 1140. The topological polar surface area (TPSA) is 29.9 Å². The van der Waals surface area contributed by atoms with Crippen molar-refractivity contribution in [1.29, 1.82) is 0 Å². The maximum absolute atomic E-state index is 5.04. The number of hydrogen-bond donors (Lipinski definition) is 1. The van der Waals surface area contributed by atoms with Gasteiger partial charge in [-0.25, -0.2) is 4.68 Å². The van der Waals surface area contributed by atoms with E-state index in [-0.39, 0.29) is 0 Å². The van der Waals surface area contributed by atoms with Crippen LogP contribution in [0.4, 0.5) is 5.82 Å². The Hall–Kier alpha value is -3.07. The molecule has 3 heteroatoms. The van der Waals surface area contributed by atoms with E-state index in [1.54, 1.807) is 0 Å². The van der Waals surface area contributed by atoms with Crippen LogP contribution in [0.15, 0.2) is 60.7 Å². The molecule has 0 spiro atoms. The average Bonchev–Trinajstić information content (AvgIpc) is 3.26. The molecule has 1 aromatic heterocycles. The lowest BCUT2D eigenvalue weighted by atomic mass is 10.0. The summed E-state index contributed by atoms with van der Waals surface area (Å²) in [6, 6.07) is 21.5. The molecule has 1 aliphatic heterocycles. The van der Waals surface area contributed by atoms with E-state index >= 15 is 0 Å². The van der Waals surface area contributed by atoms with E-state index in [1.165, 1.54) is 33.0 Å². The smallest absolute Gasteiger partial charge is 0.133 e. The van der Waals surface area contributed by atoms with Crippen LogP contribution < -0.4 is 5.32 Å². The standard InChI is InChI=1S/C23H21N3/c1-15-6-5-9-21(16(15)2)26-23-20(12-13-24-23)22(25-26)19-11-10-17-7-3-4-8-18(17)14-19/h3-11,14,24H,12-13H2,1-2H3. The van der Waals surface area contributed by atoms with Gasteiger partial charge in [-0.3, -0.25) is 0 Å². The van der Waals surface area contributed by atoms with E-state index in [1.807, 2.05) is 0 Å². The Balaban J connectivity index is 1.72. The predicted octanol–water partition coefficient (Wildman–Crippen LogP) is 5.28. The Morgan fingerprint density at radius 3 is 2.65 bits per heavy atom. The van der Waals surface area contributed by atoms with Gasteiger partial charge in [0.15, 0.2) is 0 Å². The highest BCUT2D eigenvalue weighted by Gasteiger charge is 2.24. The number of hydrogen-bond acceptors (Lipinski definition) is 2. The van der Waals surface area contributed by atoms with E-state index in [0.717, 1.165) is 30.2 Å². The normalized spacial score (nSPS) is 13.0. The van der Waals surface area contributed by atoms with Gasteiger partial charge in [-0.2, -0.15) is 5.10 Å². The van der Waals surface area contributed by atoms with E-state index in [4.69, 9.17) is 5.10 Å². The van der Waals surface area contributed by atoms with E-state index < -0.39 is 0 Å². The minimum absolute atomic E-state index is 0.971. The fourth-order valence-corrected chi connectivity index (χ4v) is 3.88. The van der Waals surface area contributed by atoms with Crippen molar-refractivity contribution in [2.45, 2.75) is 20.3 Å². The second-order valence-electron chi connectivity index (χ2n) is 7.05. The van der Waals surface area contributed by atoms with Gasteiger partial charge in [-0.15, -0.1) is 0 Å².